The van der Waals surface area contributed by atoms with Gasteiger partial charge in [-0.25, -0.2) is 0 Å². The van der Waals surface area contributed by atoms with E-state index >= 15 is 0 Å². The van der Waals surface area contributed by atoms with Crippen LogP contribution in [0.1, 0.15) is 10.4 Å². The summed E-state index contributed by atoms with van der Waals surface area (Å²) in [6.07, 6.45) is 1.34. The molecule has 0 atom stereocenters. The molecule has 1 aromatic heterocycles. The number of H-pyrrole nitrogens is 1. The predicted octanol–water partition coefficient (Wildman–Crippen LogP) is 0.981. The van der Waals surface area contributed by atoms with E-state index in [-0.39, 0.29) is 11.5 Å². The van der Waals surface area contributed by atoms with E-state index in [0.717, 1.165) is 0 Å². The second-order valence-electron chi connectivity index (χ2n) is 4.48. The van der Waals surface area contributed by atoms with Crippen molar-refractivity contribution in [3.8, 4) is 11.5 Å². The summed E-state index contributed by atoms with van der Waals surface area (Å²) < 4.78 is 10.8. The van der Waals surface area contributed by atoms with Gasteiger partial charge in [0.1, 0.15) is 13.2 Å². The van der Waals surface area contributed by atoms with Crippen LogP contribution < -0.4 is 26.1 Å². The minimum Gasteiger partial charge on any atom is -0.486 e. The van der Waals surface area contributed by atoms with Gasteiger partial charge in [-0.3, -0.25) is 9.59 Å². The second kappa shape index (κ2) is 5.20. The van der Waals surface area contributed by atoms with Gasteiger partial charge in [0.25, 0.3) is 5.91 Å². The summed E-state index contributed by atoms with van der Waals surface area (Å²) in [5, 5.41) is 2.67. The van der Waals surface area contributed by atoms with E-state index in [2.05, 4.69) is 10.3 Å². The Morgan fingerprint density at radius 2 is 1.90 bits per heavy atom. The molecule has 7 nitrogen and oxygen atoms in total. The molecule has 0 spiro atoms. The van der Waals surface area contributed by atoms with Gasteiger partial charge in [-0.2, -0.15) is 0 Å². The van der Waals surface area contributed by atoms with Crippen LogP contribution >= 0.6 is 0 Å². The van der Waals surface area contributed by atoms with E-state index in [1.165, 1.54) is 18.3 Å². The largest absolute Gasteiger partial charge is 0.486 e. The summed E-state index contributed by atoms with van der Waals surface area (Å²) in [5.41, 5.74) is 6.74. The molecule has 4 N–H and O–H groups in total. The average Bonchev–Trinajstić information content (AvgIpc) is 2.48. The maximum Gasteiger partial charge on any atom is 0.257 e. The number of hydrogen-bond donors (Lipinski definition) is 3. The van der Waals surface area contributed by atoms with Crippen molar-refractivity contribution < 1.29 is 14.3 Å². The third kappa shape index (κ3) is 2.66. The van der Waals surface area contributed by atoms with E-state index in [4.69, 9.17) is 15.2 Å². The minimum absolute atomic E-state index is 0.273. The molecule has 2 aromatic rings. The smallest absolute Gasteiger partial charge is 0.257 e. The Labute approximate surface area is 119 Å². The van der Waals surface area contributed by atoms with Crippen molar-refractivity contribution in [1.29, 1.82) is 0 Å². The molecule has 1 aliphatic rings. The van der Waals surface area contributed by atoms with E-state index in [0.29, 0.717) is 41.7 Å². The molecule has 3 rings (SSSR count). The van der Waals surface area contributed by atoms with Gasteiger partial charge < -0.3 is 25.5 Å². The Hall–Kier alpha value is -2.96. The van der Waals surface area contributed by atoms with Crippen molar-refractivity contribution in [3.63, 3.8) is 0 Å². The summed E-state index contributed by atoms with van der Waals surface area (Å²) in [7, 11) is 0. The van der Waals surface area contributed by atoms with Crippen LogP contribution in [-0.2, 0) is 0 Å². The summed E-state index contributed by atoms with van der Waals surface area (Å²) in [6, 6.07) is 5.94. The molecule has 1 amide bonds. The number of aromatic amines is 1. The summed E-state index contributed by atoms with van der Waals surface area (Å²) >= 11 is 0. The van der Waals surface area contributed by atoms with Crippen LogP contribution in [0, 0.1) is 0 Å². The zero-order chi connectivity index (χ0) is 14.8. The Balaban J connectivity index is 1.85. The Morgan fingerprint density at radius 3 is 2.57 bits per heavy atom. The number of nitrogens with one attached hydrogen (secondary N) is 2. The van der Waals surface area contributed by atoms with Crippen LogP contribution in [0.15, 0.2) is 35.3 Å². The van der Waals surface area contributed by atoms with Crippen LogP contribution in [0.5, 0.6) is 11.5 Å². The van der Waals surface area contributed by atoms with Crippen LogP contribution in [0.4, 0.5) is 11.4 Å². The van der Waals surface area contributed by atoms with Gasteiger partial charge >= 0.3 is 0 Å². The molecule has 7 heteroatoms. The Kier molecular flexibility index (Phi) is 3.23. The van der Waals surface area contributed by atoms with Crippen LogP contribution in [-0.4, -0.2) is 24.1 Å². The van der Waals surface area contributed by atoms with Gasteiger partial charge in [-0.05, 0) is 6.07 Å². The van der Waals surface area contributed by atoms with Crippen molar-refractivity contribution in [2.45, 2.75) is 0 Å². The van der Waals surface area contributed by atoms with Crippen LogP contribution in [0.25, 0.3) is 0 Å². The third-order valence-electron chi connectivity index (χ3n) is 3.01. The number of carbonyl (C=O) groups excluding carboxylic acids is 1. The maximum absolute atomic E-state index is 12.1. The first kappa shape index (κ1) is 13.0. The van der Waals surface area contributed by atoms with Gasteiger partial charge in [0.05, 0.1) is 16.9 Å². The second-order valence-corrected chi connectivity index (χ2v) is 4.48. The van der Waals surface area contributed by atoms with Crippen molar-refractivity contribution in [2.75, 3.05) is 24.3 Å². The molecule has 0 saturated heterocycles. The number of pyridine rings is 1. The Bertz CT molecular complexity index is 734. The highest BCUT2D eigenvalue weighted by Gasteiger charge is 2.16. The highest BCUT2D eigenvalue weighted by molar-refractivity contribution is 6.05. The number of nitrogen functional groups attached to an aromatic ring is 1. The van der Waals surface area contributed by atoms with E-state index in [1.54, 1.807) is 12.1 Å². The zero-order valence-corrected chi connectivity index (χ0v) is 11.0. The number of amides is 1. The molecule has 1 aromatic carbocycles. The lowest BCUT2D eigenvalue weighted by Gasteiger charge is -2.20. The van der Waals surface area contributed by atoms with Gasteiger partial charge in [-0.15, -0.1) is 0 Å². The number of anilines is 2. The van der Waals surface area contributed by atoms with Gasteiger partial charge in [0.2, 0.25) is 5.56 Å². The molecule has 0 fully saturated rings. The van der Waals surface area contributed by atoms with Crippen molar-refractivity contribution in [1.82, 2.24) is 4.98 Å². The van der Waals surface area contributed by atoms with Crippen LogP contribution in [0.3, 0.4) is 0 Å². The molecule has 2 heterocycles. The van der Waals surface area contributed by atoms with Gasteiger partial charge in [0, 0.05) is 24.4 Å². The molecule has 21 heavy (non-hydrogen) atoms. The molecule has 0 aliphatic carbocycles. The monoisotopic (exact) mass is 287 g/mol. The van der Waals surface area contributed by atoms with Gasteiger partial charge in [0.15, 0.2) is 11.5 Å². The molecule has 0 radical (unpaired) electrons. The number of benzene rings is 1. The van der Waals surface area contributed by atoms with E-state index in [1.807, 2.05) is 0 Å². The standard InChI is InChI=1S/C14H13N3O4/c15-9-5-11-12(21-4-3-20-11)6-10(9)17-14(19)8-1-2-13(18)16-7-8/h1-2,5-7H,3-4,15H2,(H,16,18)(H,17,19). The number of aromatic nitrogens is 1. The number of ether oxygens (including phenoxy) is 2. The Morgan fingerprint density at radius 1 is 1.19 bits per heavy atom. The lowest BCUT2D eigenvalue weighted by molar-refractivity contribution is 0.102. The molecule has 0 bridgehead atoms. The molecule has 108 valence electrons. The fourth-order valence-electron chi connectivity index (χ4n) is 1.96. The predicted molar refractivity (Wildman–Crippen MR) is 76.9 cm³/mol. The summed E-state index contributed by atoms with van der Waals surface area (Å²) in [5.74, 6) is 0.711. The SMILES string of the molecule is Nc1cc2c(cc1NC(=O)c1ccc(=O)[nH]c1)OCCO2. The zero-order valence-electron chi connectivity index (χ0n) is 11.0. The number of rotatable bonds is 2. The number of fused-ring (bicyclic) bond motifs is 1. The maximum atomic E-state index is 12.1. The average molecular weight is 287 g/mol. The topological polar surface area (TPSA) is 106 Å². The normalized spacial score (nSPS) is 12.8. The highest BCUT2D eigenvalue weighted by Crippen LogP contribution is 2.37. The molecule has 0 saturated carbocycles. The first-order chi connectivity index (χ1) is 10.1. The lowest BCUT2D eigenvalue weighted by Crippen LogP contribution is -2.18. The number of hydrogen-bond acceptors (Lipinski definition) is 5. The first-order valence-electron chi connectivity index (χ1n) is 6.33. The fourth-order valence-corrected chi connectivity index (χ4v) is 1.96. The van der Waals surface area contributed by atoms with E-state index < -0.39 is 0 Å². The fraction of sp³-hybridized carbons (Fsp3) is 0.143. The summed E-state index contributed by atoms with van der Waals surface area (Å²) in [4.78, 5) is 25.5. The first-order valence-corrected chi connectivity index (χ1v) is 6.33. The number of nitrogens with two attached hydrogens (primary N) is 1. The third-order valence-corrected chi connectivity index (χ3v) is 3.01. The van der Waals surface area contributed by atoms with Crippen LogP contribution in [0.2, 0.25) is 0 Å². The van der Waals surface area contributed by atoms with Crippen molar-refractivity contribution >= 4 is 17.3 Å². The number of carbonyl (C=O) groups is 1. The quantitative estimate of drug-likeness (QED) is 0.714. The highest BCUT2D eigenvalue weighted by atomic mass is 16.6. The minimum atomic E-state index is -0.380. The van der Waals surface area contributed by atoms with Gasteiger partial charge in [-0.1, -0.05) is 0 Å². The molecular formula is C14H13N3O4. The van der Waals surface area contributed by atoms with Crippen molar-refractivity contribution in [3.05, 3.63) is 46.4 Å². The van der Waals surface area contributed by atoms with Crippen molar-refractivity contribution in [2.24, 2.45) is 0 Å². The molecule has 0 unspecified atom stereocenters. The molecule has 1 aliphatic heterocycles. The summed E-state index contributed by atoms with van der Waals surface area (Å²) in [6.45, 7) is 0.916. The molecular weight excluding hydrogens is 274 g/mol. The lowest BCUT2D eigenvalue weighted by atomic mass is 10.2. The van der Waals surface area contributed by atoms with E-state index in [9.17, 15) is 9.59 Å².